The van der Waals surface area contributed by atoms with Gasteiger partial charge in [0.25, 0.3) is 5.91 Å². The highest BCUT2D eigenvalue weighted by Gasteiger charge is 2.11. The van der Waals surface area contributed by atoms with Gasteiger partial charge in [-0.25, -0.2) is 0 Å². The molecule has 1 aromatic heterocycles. The third kappa shape index (κ3) is 3.20. The summed E-state index contributed by atoms with van der Waals surface area (Å²) in [5.74, 6) is 0.993. The summed E-state index contributed by atoms with van der Waals surface area (Å²) in [6.45, 7) is 5.98. The number of nitrogens with one attached hydrogen (secondary N) is 1. The van der Waals surface area contributed by atoms with Gasteiger partial charge in [0.2, 0.25) is 11.7 Å². The maximum absolute atomic E-state index is 12.4. The van der Waals surface area contributed by atoms with Gasteiger partial charge in [-0.15, -0.1) is 0 Å². The molecule has 0 bridgehead atoms. The van der Waals surface area contributed by atoms with Gasteiger partial charge in [-0.2, -0.15) is 4.98 Å². The molecular formula is C19H19N3O2. The normalized spacial score (nSPS) is 10.6. The molecule has 122 valence electrons. The predicted octanol–water partition coefficient (Wildman–Crippen LogP) is 4.17. The topological polar surface area (TPSA) is 68.0 Å². The standard InChI is InChI=1S/C19H19N3O2/c1-4-17-21-18(22-24-17)14-8-10-15(11-9-14)19(23)20-16-7-5-6-12(2)13(16)3/h5-11H,4H2,1-3H3,(H,20,23). The molecule has 1 N–H and O–H groups in total. The highest BCUT2D eigenvalue weighted by Crippen LogP contribution is 2.20. The third-order valence-electron chi connectivity index (χ3n) is 4.03. The Balaban J connectivity index is 1.77. The Morgan fingerprint density at radius 2 is 1.88 bits per heavy atom. The highest BCUT2D eigenvalue weighted by molar-refractivity contribution is 6.04. The van der Waals surface area contributed by atoms with Gasteiger partial charge in [0.15, 0.2) is 0 Å². The average molecular weight is 321 g/mol. The monoisotopic (exact) mass is 321 g/mol. The first kappa shape index (κ1) is 15.9. The van der Waals surface area contributed by atoms with Gasteiger partial charge in [-0.3, -0.25) is 4.79 Å². The first-order valence-corrected chi connectivity index (χ1v) is 7.89. The number of carbonyl (C=O) groups is 1. The van der Waals surface area contributed by atoms with Crippen molar-refractivity contribution in [2.75, 3.05) is 5.32 Å². The van der Waals surface area contributed by atoms with E-state index < -0.39 is 0 Å². The van der Waals surface area contributed by atoms with E-state index in [0.29, 0.717) is 23.7 Å². The number of aryl methyl sites for hydroxylation is 2. The molecule has 3 rings (SSSR count). The van der Waals surface area contributed by atoms with Crippen molar-refractivity contribution in [3.63, 3.8) is 0 Å². The van der Waals surface area contributed by atoms with Gasteiger partial charge in [0.05, 0.1) is 0 Å². The van der Waals surface area contributed by atoms with Crippen LogP contribution in [0.5, 0.6) is 0 Å². The minimum atomic E-state index is -0.141. The molecule has 0 radical (unpaired) electrons. The molecular weight excluding hydrogens is 302 g/mol. The lowest BCUT2D eigenvalue weighted by Gasteiger charge is -2.10. The summed E-state index contributed by atoms with van der Waals surface area (Å²) < 4.78 is 5.11. The molecule has 0 atom stereocenters. The molecule has 3 aromatic rings. The van der Waals surface area contributed by atoms with Crippen LogP contribution < -0.4 is 5.32 Å². The third-order valence-corrected chi connectivity index (χ3v) is 4.03. The molecule has 0 saturated carbocycles. The maximum atomic E-state index is 12.4. The van der Waals surface area contributed by atoms with E-state index >= 15 is 0 Å². The second-order valence-electron chi connectivity index (χ2n) is 5.64. The summed E-state index contributed by atoms with van der Waals surface area (Å²) in [5.41, 5.74) is 4.45. The Kier molecular flexibility index (Phi) is 4.42. The van der Waals surface area contributed by atoms with Crippen LogP contribution in [0.3, 0.4) is 0 Å². The number of anilines is 1. The largest absolute Gasteiger partial charge is 0.339 e. The molecule has 0 unspecified atom stereocenters. The zero-order chi connectivity index (χ0) is 17.1. The van der Waals surface area contributed by atoms with Crippen LogP contribution in [0, 0.1) is 13.8 Å². The molecule has 24 heavy (non-hydrogen) atoms. The number of amides is 1. The van der Waals surface area contributed by atoms with E-state index in [1.807, 2.05) is 51.1 Å². The number of aromatic nitrogens is 2. The Hall–Kier alpha value is -2.95. The molecule has 5 nitrogen and oxygen atoms in total. The molecule has 0 spiro atoms. The van der Waals surface area contributed by atoms with Crippen molar-refractivity contribution in [3.8, 4) is 11.4 Å². The first-order chi connectivity index (χ1) is 11.6. The van der Waals surface area contributed by atoms with E-state index in [2.05, 4.69) is 15.5 Å². The van der Waals surface area contributed by atoms with Crippen LogP contribution in [0.15, 0.2) is 47.0 Å². The van der Waals surface area contributed by atoms with Crippen LogP contribution in [0.2, 0.25) is 0 Å². The molecule has 0 fully saturated rings. The number of nitrogens with zero attached hydrogens (tertiary/aromatic N) is 2. The van der Waals surface area contributed by atoms with Crippen molar-refractivity contribution in [2.45, 2.75) is 27.2 Å². The molecule has 0 aliphatic heterocycles. The quantitative estimate of drug-likeness (QED) is 0.783. The number of hydrogen-bond donors (Lipinski definition) is 1. The zero-order valence-electron chi connectivity index (χ0n) is 14.0. The number of rotatable bonds is 4. The fourth-order valence-corrected chi connectivity index (χ4v) is 2.37. The van der Waals surface area contributed by atoms with Gasteiger partial charge < -0.3 is 9.84 Å². The van der Waals surface area contributed by atoms with Crippen molar-refractivity contribution in [1.82, 2.24) is 10.1 Å². The van der Waals surface area contributed by atoms with E-state index in [1.165, 1.54) is 0 Å². The van der Waals surface area contributed by atoms with Crippen LogP contribution in [-0.2, 0) is 6.42 Å². The van der Waals surface area contributed by atoms with Crippen molar-refractivity contribution in [1.29, 1.82) is 0 Å². The summed E-state index contributed by atoms with van der Waals surface area (Å²) in [6.07, 6.45) is 0.698. The average Bonchev–Trinajstić information content (AvgIpc) is 3.08. The molecule has 2 aromatic carbocycles. The lowest BCUT2D eigenvalue weighted by molar-refractivity contribution is 0.102. The first-order valence-electron chi connectivity index (χ1n) is 7.89. The van der Waals surface area contributed by atoms with Crippen LogP contribution in [0.4, 0.5) is 5.69 Å². The van der Waals surface area contributed by atoms with Crippen LogP contribution in [-0.4, -0.2) is 16.0 Å². The number of carbonyl (C=O) groups excluding carboxylic acids is 1. The van der Waals surface area contributed by atoms with Crippen molar-refractivity contribution >= 4 is 11.6 Å². The molecule has 5 heteroatoms. The van der Waals surface area contributed by atoms with Crippen LogP contribution in [0.1, 0.15) is 34.3 Å². The summed E-state index contributed by atoms with van der Waals surface area (Å²) in [5, 5.41) is 6.89. The van der Waals surface area contributed by atoms with Crippen LogP contribution in [0.25, 0.3) is 11.4 Å². The van der Waals surface area contributed by atoms with Crippen LogP contribution >= 0.6 is 0 Å². The maximum Gasteiger partial charge on any atom is 0.255 e. The second-order valence-corrected chi connectivity index (χ2v) is 5.64. The molecule has 0 saturated heterocycles. The summed E-state index contributed by atoms with van der Waals surface area (Å²) >= 11 is 0. The summed E-state index contributed by atoms with van der Waals surface area (Å²) in [6, 6.07) is 13.0. The van der Waals surface area contributed by atoms with E-state index in [9.17, 15) is 4.79 Å². The van der Waals surface area contributed by atoms with E-state index in [1.54, 1.807) is 12.1 Å². The molecule has 1 heterocycles. The molecule has 0 aliphatic carbocycles. The number of hydrogen-bond acceptors (Lipinski definition) is 4. The lowest BCUT2D eigenvalue weighted by atomic mass is 10.1. The van der Waals surface area contributed by atoms with Crippen molar-refractivity contribution < 1.29 is 9.32 Å². The number of benzene rings is 2. The van der Waals surface area contributed by atoms with Crippen molar-refractivity contribution in [3.05, 3.63) is 65.0 Å². The zero-order valence-corrected chi connectivity index (χ0v) is 14.0. The molecule has 0 aliphatic rings. The van der Waals surface area contributed by atoms with Gasteiger partial charge in [0, 0.05) is 23.2 Å². The minimum absolute atomic E-state index is 0.141. The fourth-order valence-electron chi connectivity index (χ4n) is 2.37. The van der Waals surface area contributed by atoms with E-state index in [0.717, 1.165) is 22.4 Å². The highest BCUT2D eigenvalue weighted by atomic mass is 16.5. The Morgan fingerprint density at radius 1 is 1.12 bits per heavy atom. The van der Waals surface area contributed by atoms with Crippen molar-refractivity contribution in [2.24, 2.45) is 0 Å². The van der Waals surface area contributed by atoms with Gasteiger partial charge >= 0.3 is 0 Å². The van der Waals surface area contributed by atoms with Gasteiger partial charge in [-0.1, -0.05) is 36.3 Å². The second kappa shape index (κ2) is 6.66. The predicted molar refractivity (Wildman–Crippen MR) is 93.0 cm³/mol. The Bertz CT molecular complexity index is 867. The fraction of sp³-hybridized carbons (Fsp3) is 0.211. The summed E-state index contributed by atoms with van der Waals surface area (Å²) in [4.78, 5) is 16.7. The summed E-state index contributed by atoms with van der Waals surface area (Å²) in [7, 11) is 0. The minimum Gasteiger partial charge on any atom is -0.339 e. The van der Waals surface area contributed by atoms with E-state index in [-0.39, 0.29) is 5.91 Å². The smallest absolute Gasteiger partial charge is 0.255 e. The Labute approximate surface area is 140 Å². The lowest BCUT2D eigenvalue weighted by Crippen LogP contribution is -2.12. The van der Waals surface area contributed by atoms with Gasteiger partial charge in [-0.05, 0) is 43.2 Å². The van der Waals surface area contributed by atoms with E-state index in [4.69, 9.17) is 4.52 Å². The van der Waals surface area contributed by atoms with Gasteiger partial charge in [0.1, 0.15) is 0 Å². The Morgan fingerprint density at radius 3 is 2.54 bits per heavy atom. The molecule has 1 amide bonds. The SMILES string of the molecule is CCc1nc(-c2ccc(C(=O)Nc3cccc(C)c3C)cc2)no1.